The van der Waals surface area contributed by atoms with E-state index in [0.29, 0.717) is 0 Å². The molecule has 1 aromatic rings. The minimum absolute atomic E-state index is 0.104. The molecule has 1 aromatic heterocycles. The molecule has 1 rings (SSSR count). The van der Waals surface area contributed by atoms with Gasteiger partial charge in [-0.05, 0) is 33.3 Å². The number of nitrogens with one attached hydrogen (secondary N) is 1. The molecule has 0 saturated carbocycles. The average Bonchev–Trinajstić information content (AvgIpc) is 2.40. The molecule has 0 radical (unpaired) electrons. The zero-order chi connectivity index (χ0) is 14.8. The van der Waals surface area contributed by atoms with Gasteiger partial charge in [0.15, 0.2) is 0 Å². The van der Waals surface area contributed by atoms with Crippen LogP contribution in [0.2, 0.25) is 0 Å². The van der Waals surface area contributed by atoms with Gasteiger partial charge in [0.1, 0.15) is 0 Å². The highest BCUT2D eigenvalue weighted by Crippen LogP contribution is 2.16. The highest BCUT2D eigenvalue weighted by molar-refractivity contribution is 5.25. The number of nitrogens with zero attached hydrogens (tertiary/aromatic N) is 1. The molecule has 3 nitrogen and oxygen atoms in total. The third kappa shape index (κ3) is 7.49. The number of hydrogen-bond acceptors (Lipinski definition) is 3. The Balaban J connectivity index is 2.37. The van der Waals surface area contributed by atoms with Crippen LogP contribution in [0.5, 0.6) is 5.88 Å². The van der Waals surface area contributed by atoms with Crippen molar-refractivity contribution in [3.05, 3.63) is 23.9 Å². The van der Waals surface area contributed by atoms with Crippen LogP contribution in [-0.4, -0.2) is 17.1 Å². The van der Waals surface area contributed by atoms with E-state index in [4.69, 9.17) is 4.74 Å². The first-order chi connectivity index (χ1) is 9.53. The average molecular weight is 278 g/mol. The summed E-state index contributed by atoms with van der Waals surface area (Å²) in [5, 5.41) is 3.48. The molecule has 1 heterocycles. The van der Waals surface area contributed by atoms with Crippen LogP contribution in [0, 0.1) is 0 Å². The summed E-state index contributed by atoms with van der Waals surface area (Å²) in [6, 6.07) is 4.05. The molecule has 0 atom stereocenters. The monoisotopic (exact) mass is 278 g/mol. The lowest BCUT2D eigenvalue weighted by molar-refractivity contribution is 0.288. The van der Waals surface area contributed by atoms with Crippen molar-refractivity contribution in [2.24, 2.45) is 0 Å². The lowest BCUT2D eigenvalue weighted by atomic mass is 10.1. The van der Waals surface area contributed by atoms with E-state index in [2.05, 4.69) is 44.1 Å². The van der Waals surface area contributed by atoms with Crippen molar-refractivity contribution in [3.63, 3.8) is 0 Å². The second-order valence-corrected chi connectivity index (χ2v) is 6.33. The maximum Gasteiger partial charge on any atom is 0.217 e. The van der Waals surface area contributed by atoms with Crippen LogP contribution >= 0.6 is 0 Å². The second kappa shape index (κ2) is 8.96. The topological polar surface area (TPSA) is 34.1 Å². The second-order valence-electron chi connectivity index (χ2n) is 6.33. The van der Waals surface area contributed by atoms with Crippen LogP contribution in [0.1, 0.15) is 65.4 Å². The van der Waals surface area contributed by atoms with E-state index in [1.54, 1.807) is 6.20 Å². The fourth-order valence-electron chi connectivity index (χ4n) is 1.92. The van der Waals surface area contributed by atoms with Crippen molar-refractivity contribution < 1.29 is 4.74 Å². The first kappa shape index (κ1) is 17.0. The van der Waals surface area contributed by atoms with E-state index in [9.17, 15) is 0 Å². The van der Waals surface area contributed by atoms with Crippen molar-refractivity contribution in [2.45, 2.75) is 71.9 Å². The number of pyridine rings is 1. The van der Waals surface area contributed by atoms with Crippen LogP contribution < -0.4 is 10.1 Å². The normalized spacial score (nSPS) is 11.6. The Bertz CT molecular complexity index is 371. The van der Waals surface area contributed by atoms with Gasteiger partial charge in [-0.2, -0.15) is 0 Å². The van der Waals surface area contributed by atoms with Crippen LogP contribution in [0.25, 0.3) is 0 Å². The summed E-state index contributed by atoms with van der Waals surface area (Å²) in [6.07, 6.45) is 8.07. The van der Waals surface area contributed by atoms with E-state index >= 15 is 0 Å². The van der Waals surface area contributed by atoms with Crippen LogP contribution in [0.4, 0.5) is 0 Å². The van der Waals surface area contributed by atoms with Gasteiger partial charge in [0.25, 0.3) is 0 Å². The van der Waals surface area contributed by atoms with Gasteiger partial charge < -0.3 is 10.1 Å². The van der Waals surface area contributed by atoms with Gasteiger partial charge in [-0.1, -0.05) is 38.7 Å². The lowest BCUT2D eigenvalue weighted by Crippen LogP contribution is -2.35. The largest absolute Gasteiger partial charge is 0.477 e. The predicted molar refractivity (Wildman–Crippen MR) is 85.1 cm³/mol. The maximum absolute atomic E-state index is 5.83. The Morgan fingerprint density at radius 1 is 1.15 bits per heavy atom. The van der Waals surface area contributed by atoms with Gasteiger partial charge in [0, 0.05) is 23.8 Å². The Kier molecular flexibility index (Phi) is 7.60. The van der Waals surface area contributed by atoms with Crippen molar-refractivity contribution >= 4 is 0 Å². The van der Waals surface area contributed by atoms with Crippen molar-refractivity contribution in [1.82, 2.24) is 10.3 Å². The molecule has 0 spiro atoms. The van der Waals surface area contributed by atoms with E-state index in [1.807, 2.05) is 6.07 Å². The maximum atomic E-state index is 5.83. The summed E-state index contributed by atoms with van der Waals surface area (Å²) in [6.45, 7) is 10.3. The molecule has 0 aliphatic carbocycles. The zero-order valence-electron chi connectivity index (χ0n) is 13.5. The standard InChI is InChI=1S/C17H30N2O/c1-5-6-7-8-9-13-20-16-15(11-10-12-18-16)14-19-17(2,3)4/h10-12,19H,5-9,13-14H2,1-4H3. The van der Waals surface area contributed by atoms with Gasteiger partial charge in [0.05, 0.1) is 6.61 Å². The molecule has 3 heteroatoms. The van der Waals surface area contributed by atoms with Crippen LogP contribution in [0.15, 0.2) is 18.3 Å². The third-order valence-electron chi connectivity index (χ3n) is 3.15. The quantitative estimate of drug-likeness (QED) is 0.683. The minimum atomic E-state index is 0.104. The summed E-state index contributed by atoms with van der Waals surface area (Å²) >= 11 is 0. The van der Waals surface area contributed by atoms with Crippen molar-refractivity contribution in [2.75, 3.05) is 6.61 Å². The smallest absolute Gasteiger partial charge is 0.217 e. The Labute approximate surface area is 124 Å². The van der Waals surface area contributed by atoms with Crippen LogP contribution in [0.3, 0.4) is 0 Å². The van der Waals surface area contributed by atoms with E-state index < -0.39 is 0 Å². The molecule has 20 heavy (non-hydrogen) atoms. The number of hydrogen-bond donors (Lipinski definition) is 1. The van der Waals surface area contributed by atoms with Gasteiger partial charge >= 0.3 is 0 Å². The zero-order valence-corrected chi connectivity index (χ0v) is 13.5. The van der Waals surface area contributed by atoms with E-state index in [0.717, 1.165) is 31.0 Å². The molecule has 0 bridgehead atoms. The molecule has 0 aliphatic heterocycles. The molecule has 0 fully saturated rings. The van der Waals surface area contributed by atoms with Gasteiger partial charge in [0.2, 0.25) is 5.88 Å². The Morgan fingerprint density at radius 2 is 1.90 bits per heavy atom. The van der Waals surface area contributed by atoms with Crippen molar-refractivity contribution in [1.29, 1.82) is 0 Å². The number of ether oxygens (including phenoxy) is 1. The Morgan fingerprint density at radius 3 is 2.60 bits per heavy atom. The fourth-order valence-corrected chi connectivity index (χ4v) is 1.92. The van der Waals surface area contributed by atoms with Gasteiger partial charge in [-0.3, -0.25) is 0 Å². The first-order valence-electron chi connectivity index (χ1n) is 7.84. The summed E-state index contributed by atoms with van der Waals surface area (Å²) in [4.78, 5) is 4.35. The molecular formula is C17H30N2O. The minimum Gasteiger partial charge on any atom is -0.477 e. The molecule has 0 saturated heterocycles. The SMILES string of the molecule is CCCCCCCOc1ncccc1CNC(C)(C)C. The number of aromatic nitrogens is 1. The van der Waals surface area contributed by atoms with E-state index in [1.165, 1.54) is 25.7 Å². The summed E-state index contributed by atoms with van der Waals surface area (Å²) in [5.41, 5.74) is 1.24. The molecule has 0 amide bonds. The summed E-state index contributed by atoms with van der Waals surface area (Å²) in [5.74, 6) is 0.778. The first-order valence-corrected chi connectivity index (χ1v) is 7.84. The molecule has 114 valence electrons. The lowest BCUT2D eigenvalue weighted by Gasteiger charge is -2.21. The highest BCUT2D eigenvalue weighted by atomic mass is 16.5. The fraction of sp³-hybridized carbons (Fsp3) is 0.706. The predicted octanol–water partition coefficient (Wildman–Crippen LogP) is 4.32. The highest BCUT2D eigenvalue weighted by Gasteiger charge is 2.11. The number of rotatable bonds is 9. The van der Waals surface area contributed by atoms with Crippen molar-refractivity contribution in [3.8, 4) is 5.88 Å². The number of unbranched alkanes of at least 4 members (excludes halogenated alkanes) is 4. The van der Waals surface area contributed by atoms with E-state index in [-0.39, 0.29) is 5.54 Å². The molecule has 0 unspecified atom stereocenters. The van der Waals surface area contributed by atoms with Gasteiger partial charge in [-0.15, -0.1) is 0 Å². The third-order valence-corrected chi connectivity index (χ3v) is 3.15. The molecular weight excluding hydrogens is 248 g/mol. The summed E-state index contributed by atoms with van der Waals surface area (Å²) < 4.78 is 5.83. The molecule has 0 aromatic carbocycles. The van der Waals surface area contributed by atoms with Crippen LogP contribution in [-0.2, 0) is 6.54 Å². The summed E-state index contributed by atoms with van der Waals surface area (Å²) in [7, 11) is 0. The molecule has 0 aliphatic rings. The molecule has 1 N–H and O–H groups in total. The Hall–Kier alpha value is -1.09. The van der Waals surface area contributed by atoms with Gasteiger partial charge in [-0.25, -0.2) is 4.98 Å².